The fourth-order valence-electron chi connectivity index (χ4n) is 6.35. The van der Waals surface area contributed by atoms with Gasteiger partial charge in [-0.15, -0.1) is 0 Å². The topological polar surface area (TPSA) is 110 Å². The second-order valence-electron chi connectivity index (χ2n) is 10.8. The molecular formula is C31H34N4O6. The lowest BCUT2D eigenvalue weighted by Gasteiger charge is -2.45. The SMILES string of the molecule is COc1cc(C(=O)[C@H]2C(=O)c3cc(N4CCN(C(C)=O)CC4)ccc3OC23CCNCC3)nc2c(OC)cccc12. The van der Waals surface area contributed by atoms with Gasteiger partial charge >= 0.3 is 0 Å². The first-order valence-corrected chi connectivity index (χ1v) is 14.0. The minimum absolute atomic E-state index is 0.0591. The van der Waals surface area contributed by atoms with E-state index in [1.54, 1.807) is 33.3 Å². The van der Waals surface area contributed by atoms with E-state index < -0.39 is 17.3 Å². The summed E-state index contributed by atoms with van der Waals surface area (Å²) in [6, 6.07) is 12.7. The van der Waals surface area contributed by atoms with Gasteiger partial charge in [-0.25, -0.2) is 4.98 Å². The van der Waals surface area contributed by atoms with Crippen LogP contribution in [0.5, 0.6) is 17.2 Å². The molecule has 2 saturated heterocycles. The predicted octanol–water partition coefficient (Wildman–Crippen LogP) is 3.12. The van der Waals surface area contributed by atoms with Crippen molar-refractivity contribution < 1.29 is 28.6 Å². The molecule has 1 spiro atoms. The lowest BCUT2D eigenvalue weighted by atomic mass is 9.71. The Kier molecular flexibility index (Phi) is 7.03. The zero-order valence-electron chi connectivity index (χ0n) is 23.6. The van der Waals surface area contributed by atoms with E-state index in [1.165, 1.54) is 0 Å². The number of ketones is 2. The molecule has 10 nitrogen and oxygen atoms in total. The first-order valence-electron chi connectivity index (χ1n) is 14.0. The van der Waals surface area contributed by atoms with Crippen LogP contribution in [-0.4, -0.2) is 86.4 Å². The molecule has 1 atom stereocenters. The number of methoxy groups -OCH3 is 2. The van der Waals surface area contributed by atoms with Crippen LogP contribution in [0.2, 0.25) is 0 Å². The second kappa shape index (κ2) is 10.7. The Balaban J connectivity index is 1.40. The van der Waals surface area contributed by atoms with Gasteiger partial charge in [0.25, 0.3) is 0 Å². The van der Waals surface area contributed by atoms with E-state index in [0.717, 1.165) is 5.69 Å². The van der Waals surface area contributed by atoms with Crippen molar-refractivity contribution in [2.45, 2.75) is 25.4 Å². The summed E-state index contributed by atoms with van der Waals surface area (Å²) in [4.78, 5) is 49.2. The van der Waals surface area contributed by atoms with Crippen molar-refractivity contribution in [1.29, 1.82) is 0 Å². The van der Waals surface area contributed by atoms with Crippen LogP contribution in [0.4, 0.5) is 5.69 Å². The van der Waals surface area contributed by atoms with Crippen molar-refractivity contribution in [2.75, 3.05) is 58.4 Å². The molecule has 4 heterocycles. The number of ether oxygens (including phenoxy) is 3. The smallest absolute Gasteiger partial charge is 0.219 e. The molecule has 1 amide bonds. The van der Waals surface area contributed by atoms with Gasteiger partial charge in [0.2, 0.25) is 5.91 Å². The maximum absolute atomic E-state index is 14.4. The molecule has 0 saturated carbocycles. The highest BCUT2D eigenvalue weighted by Crippen LogP contribution is 2.45. The van der Waals surface area contributed by atoms with Gasteiger partial charge in [0.05, 0.1) is 19.8 Å². The summed E-state index contributed by atoms with van der Waals surface area (Å²) in [6.45, 7) is 5.40. The number of pyridine rings is 1. The number of hydrogen-bond acceptors (Lipinski definition) is 9. The van der Waals surface area contributed by atoms with Crippen LogP contribution >= 0.6 is 0 Å². The van der Waals surface area contributed by atoms with Crippen LogP contribution < -0.4 is 24.4 Å². The number of piperazine rings is 1. The number of piperidine rings is 1. The molecule has 0 radical (unpaired) electrons. The molecule has 0 bridgehead atoms. The Morgan fingerprint density at radius 1 is 1.00 bits per heavy atom. The van der Waals surface area contributed by atoms with Crippen molar-refractivity contribution in [3.63, 3.8) is 0 Å². The maximum atomic E-state index is 14.4. The first kappa shape index (κ1) is 27.0. The molecule has 0 unspecified atom stereocenters. The van der Waals surface area contributed by atoms with Gasteiger partial charge in [0.1, 0.15) is 40.0 Å². The Hall–Kier alpha value is -4.18. The number of amides is 1. The standard InChI is InChI=1S/C31H34N4O6/c1-19(36)34-13-15-35(16-14-34)20-7-8-24-22(17-20)29(37)27(31(41-24)9-11-32-12-10-31)30(38)23-18-26(40-3)21-5-4-6-25(39-2)28(21)33-23/h4-8,17-18,27,32H,9-16H2,1-3H3/t27-/m1/s1. The van der Waals surface area contributed by atoms with Gasteiger partial charge in [0.15, 0.2) is 11.6 Å². The number of anilines is 1. The van der Waals surface area contributed by atoms with Crippen molar-refractivity contribution in [1.82, 2.24) is 15.2 Å². The third-order valence-electron chi connectivity index (χ3n) is 8.59. The van der Waals surface area contributed by atoms with Gasteiger partial charge in [-0.3, -0.25) is 14.4 Å². The van der Waals surface area contributed by atoms with Crippen LogP contribution in [0.3, 0.4) is 0 Å². The minimum atomic E-state index is -1.06. The van der Waals surface area contributed by atoms with Crippen molar-refractivity contribution >= 4 is 34.1 Å². The molecule has 3 aliphatic heterocycles. The molecule has 2 aromatic carbocycles. The fraction of sp³-hybridized carbons (Fsp3) is 0.419. The van der Waals surface area contributed by atoms with Crippen LogP contribution in [0.1, 0.15) is 40.6 Å². The third kappa shape index (κ3) is 4.65. The molecule has 214 valence electrons. The number of Topliss-reactive ketones (excluding diaryl/α,β-unsaturated/α-hetero) is 2. The number of fused-ring (bicyclic) bond motifs is 2. The van der Waals surface area contributed by atoms with Crippen LogP contribution in [0, 0.1) is 5.92 Å². The average molecular weight is 559 g/mol. The lowest BCUT2D eigenvalue weighted by molar-refractivity contribution is -0.129. The molecule has 6 rings (SSSR count). The van der Waals surface area contributed by atoms with E-state index in [1.807, 2.05) is 35.2 Å². The summed E-state index contributed by atoms with van der Waals surface area (Å²) in [5.41, 5.74) is 0.911. The quantitative estimate of drug-likeness (QED) is 0.373. The summed E-state index contributed by atoms with van der Waals surface area (Å²) < 4.78 is 17.8. The Bertz CT molecular complexity index is 1520. The summed E-state index contributed by atoms with van der Waals surface area (Å²) in [5, 5.41) is 4.04. The van der Waals surface area contributed by atoms with Crippen LogP contribution in [-0.2, 0) is 4.79 Å². The highest BCUT2D eigenvalue weighted by Gasteiger charge is 2.54. The van der Waals surface area contributed by atoms with E-state index in [4.69, 9.17) is 19.2 Å². The number of rotatable bonds is 5. The number of nitrogens with one attached hydrogen (secondary N) is 1. The van der Waals surface area contributed by atoms with Gasteiger partial charge in [-0.05, 0) is 43.4 Å². The Morgan fingerprint density at radius 3 is 2.41 bits per heavy atom. The summed E-state index contributed by atoms with van der Waals surface area (Å²) in [6.07, 6.45) is 1.02. The van der Waals surface area contributed by atoms with Gasteiger partial charge in [-0.2, -0.15) is 0 Å². The number of nitrogens with zero attached hydrogens (tertiary/aromatic N) is 3. The zero-order valence-corrected chi connectivity index (χ0v) is 23.6. The normalized spacial score (nSPS) is 20.0. The number of carbonyl (C=O) groups excluding carboxylic acids is 3. The number of carbonyl (C=O) groups is 3. The van der Waals surface area contributed by atoms with Crippen molar-refractivity contribution in [3.8, 4) is 17.2 Å². The highest BCUT2D eigenvalue weighted by molar-refractivity contribution is 6.19. The molecule has 3 aromatic rings. The molecule has 0 aliphatic carbocycles. The highest BCUT2D eigenvalue weighted by atomic mass is 16.5. The second-order valence-corrected chi connectivity index (χ2v) is 10.8. The third-order valence-corrected chi connectivity index (χ3v) is 8.59. The van der Waals surface area contributed by atoms with Crippen molar-refractivity contribution in [2.24, 2.45) is 5.92 Å². The number of aromatic nitrogens is 1. The summed E-state index contributed by atoms with van der Waals surface area (Å²) in [7, 11) is 3.09. The molecule has 2 fully saturated rings. The fourth-order valence-corrected chi connectivity index (χ4v) is 6.35. The monoisotopic (exact) mass is 558 g/mol. The first-order chi connectivity index (χ1) is 19.8. The molecule has 1 aromatic heterocycles. The van der Waals surface area contributed by atoms with E-state index in [2.05, 4.69) is 10.2 Å². The zero-order chi connectivity index (χ0) is 28.7. The van der Waals surface area contributed by atoms with Gasteiger partial charge in [-0.1, -0.05) is 6.07 Å². The van der Waals surface area contributed by atoms with E-state index in [-0.39, 0.29) is 17.4 Å². The molecule has 1 N–H and O–H groups in total. The van der Waals surface area contributed by atoms with Gasteiger partial charge < -0.3 is 29.3 Å². The largest absolute Gasteiger partial charge is 0.496 e. The van der Waals surface area contributed by atoms with Gasteiger partial charge in [0, 0.05) is 63.1 Å². The number of hydrogen-bond donors (Lipinski definition) is 1. The molecule has 41 heavy (non-hydrogen) atoms. The summed E-state index contributed by atoms with van der Waals surface area (Å²) in [5.74, 6) is -0.170. The van der Waals surface area contributed by atoms with Crippen molar-refractivity contribution in [3.05, 3.63) is 53.7 Å². The molecule has 10 heteroatoms. The maximum Gasteiger partial charge on any atom is 0.219 e. The lowest BCUT2D eigenvalue weighted by Crippen LogP contribution is -2.58. The molecular weight excluding hydrogens is 524 g/mol. The molecule has 3 aliphatic rings. The average Bonchev–Trinajstić information content (AvgIpc) is 3.00. The predicted molar refractivity (Wildman–Crippen MR) is 153 cm³/mol. The van der Waals surface area contributed by atoms with E-state index in [0.29, 0.717) is 85.8 Å². The van der Waals surface area contributed by atoms with Crippen LogP contribution in [0.15, 0.2) is 42.5 Å². The van der Waals surface area contributed by atoms with E-state index in [9.17, 15) is 14.4 Å². The Labute approximate surface area is 238 Å². The summed E-state index contributed by atoms with van der Waals surface area (Å²) >= 11 is 0. The Morgan fingerprint density at radius 2 is 1.73 bits per heavy atom. The van der Waals surface area contributed by atoms with E-state index >= 15 is 0 Å². The number of para-hydroxylation sites is 1. The number of benzene rings is 2. The van der Waals surface area contributed by atoms with Crippen LogP contribution in [0.25, 0.3) is 10.9 Å². The minimum Gasteiger partial charge on any atom is -0.496 e.